The van der Waals surface area contributed by atoms with Gasteiger partial charge in [0.05, 0.1) is 5.75 Å². The molecule has 2 atom stereocenters. The molecule has 0 aliphatic rings. The van der Waals surface area contributed by atoms with E-state index < -0.39 is 20.6 Å². The Morgan fingerprint density at radius 1 is 1.15 bits per heavy atom. The van der Waals surface area contributed by atoms with E-state index in [9.17, 15) is 12.6 Å². The van der Waals surface area contributed by atoms with E-state index in [1.165, 1.54) is 5.56 Å². The molecule has 2 N–H and O–H groups in total. The average Bonchev–Trinajstić information content (AvgIpc) is 2.35. The maximum atomic E-state index is 11.8. The van der Waals surface area contributed by atoms with Gasteiger partial charge in [-0.1, -0.05) is 38.1 Å². The van der Waals surface area contributed by atoms with Crippen molar-refractivity contribution in [2.24, 2.45) is 5.73 Å². The fraction of sp³-hybridized carbons (Fsp3) is 0.571. The highest BCUT2D eigenvalue weighted by Crippen LogP contribution is 2.18. The van der Waals surface area contributed by atoms with Crippen LogP contribution >= 0.6 is 0 Å². The van der Waals surface area contributed by atoms with Crippen molar-refractivity contribution in [3.05, 3.63) is 35.4 Å². The molecule has 0 amide bonds. The Morgan fingerprint density at radius 3 is 2.10 bits per heavy atom. The molecule has 20 heavy (non-hydrogen) atoms. The van der Waals surface area contributed by atoms with Crippen LogP contribution in [-0.4, -0.2) is 36.1 Å². The van der Waals surface area contributed by atoms with Crippen LogP contribution in [0.5, 0.6) is 0 Å². The first-order chi connectivity index (χ1) is 9.19. The first-order valence-electron chi connectivity index (χ1n) is 6.57. The average molecular weight is 317 g/mol. The zero-order valence-electron chi connectivity index (χ0n) is 12.2. The highest BCUT2D eigenvalue weighted by Gasteiger charge is 2.13. The molecule has 1 aromatic carbocycles. The van der Waals surface area contributed by atoms with Crippen LogP contribution in [0.25, 0.3) is 0 Å². The second-order valence-electron chi connectivity index (χ2n) is 5.37. The number of benzene rings is 1. The number of nitrogens with two attached hydrogens (primary N) is 1. The molecule has 1 aromatic rings. The van der Waals surface area contributed by atoms with Gasteiger partial charge >= 0.3 is 0 Å². The van der Waals surface area contributed by atoms with E-state index in [1.807, 2.05) is 24.3 Å². The summed E-state index contributed by atoms with van der Waals surface area (Å²) in [4.78, 5) is 0. The molecule has 0 fully saturated rings. The molecule has 1 rings (SSSR count). The van der Waals surface area contributed by atoms with Gasteiger partial charge in [0, 0.05) is 34.6 Å². The van der Waals surface area contributed by atoms with Crippen LogP contribution in [0.4, 0.5) is 0 Å². The fourth-order valence-corrected chi connectivity index (χ4v) is 4.47. The van der Waals surface area contributed by atoms with Gasteiger partial charge in [-0.3, -0.25) is 4.21 Å². The van der Waals surface area contributed by atoms with E-state index in [2.05, 4.69) is 13.8 Å². The van der Waals surface area contributed by atoms with Gasteiger partial charge in [-0.2, -0.15) is 0 Å². The Bertz CT molecular complexity index is 550. The molecule has 0 aromatic heterocycles. The third kappa shape index (κ3) is 6.15. The summed E-state index contributed by atoms with van der Waals surface area (Å²) in [6.07, 6.45) is 1.15. The lowest BCUT2D eigenvalue weighted by Crippen LogP contribution is -2.22. The third-order valence-corrected chi connectivity index (χ3v) is 5.67. The van der Waals surface area contributed by atoms with Crippen molar-refractivity contribution >= 4 is 20.6 Å². The van der Waals surface area contributed by atoms with E-state index in [1.54, 1.807) is 0 Å². The summed E-state index contributed by atoms with van der Waals surface area (Å²) in [6, 6.07) is 7.64. The van der Waals surface area contributed by atoms with E-state index >= 15 is 0 Å². The summed E-state index contributed by atoms with van der Waals surface area (Å²) in [5.41, 5.74) is 8.19. The molecule has 4 nitrogen and oxygen atoms in total. The lowest BCUT2D eigenvalue weighted by Gasteiger charge is -2.13. The number of rotatable bonds is 7. The monoisotopic (exact) mass is 317 g/mol. The third-order valence-electron chi connectivity index (χ3n) is 3.08. The van der Waals surface area contributed by atoms with Crippen molar-refractivity contribution in [3.8, 4) is 0 Å². The Labute approximate surface area is 124 Å². The number of sulfone groups is 1. The molecule has 2 unspecified atom stereocenters. The lowest BCUT2D eigenvalue weighted by atomic mass is 10.00. The molecule has 0 heterocycles. The molecular weight excluding hydrogens is 294 g/mol. The zero-order valence-corrected chi connectivity index (χ0v) is 13.8. The number of hydrogen-bond acceptors (Lipinski definition) is 4. The molecule has 0 aliphatic carbocycles. The minimum absolute atomic E-state index is 0.0569. The van der Waals surface area contributed by atoms with Crippen LogP contribution in [0.15, 0.2) is 24.3 Å². The van der Waals surface area contributed by atoms with Crippen molar-refractivity contribution in [1.29, 1.82) is 0 Å². The molecule has 0 spiro atoms. The Morgan fingerprint density at radius 2 is 1.65 bits per heavy atom. The first-order valence-corrected chi connectivity index (χ1v) is 10.1. The molecular formula is C14H23NO3S2. The van der Waals surface area contributed by atoms with Crippen molar-refractivity contribution in [2.45, 2.75) is 25.8 Å². The van der Waals surface area contributed by atoms with Gasteiger partial charge in [-0.15, -0.1) is 0 Å². The summed E-state index contributed by atoms with van der Waals surface area (Å²) in [5, 5.41) is 0. The van der Waals surface area contributed by atoms with Gasteiger partial charge < -0.3 is 5.73 Å². The summed E-state index contributed by atoms with van der Waals surface area (Å²) < 4.78 is 33.9. The predicted octanol–water partition coefficient (Wildman–Crippen LogP) is 1.60. The predicted molar refractivity (Wildman–Crippen MR) is 85.0 cm³/mol. The van der Waals surface area contributed by atoms with Gasteiger partial charge in [0.2, 0.25) is 0 Å². The summed E-state index contributed by atoms with van der Waals surface area (Å²) in [7, 11) is -4.28. The van der Waals surface area contributed by atoms with Crippen molar-refractivity contribution < 1.29 is 12.6 Å². The van der Waals surface area contributed by atoms with Crippen LogP contribution in [0, 0.1) is 0 Å². The van der Waals surface area contributed by atoms with Gasteiger partial charge in [0.15, 0.2) is 0 Å². The second-order valence-corrected chi connectivity index (χ2v) is 9.25. The smallest absolute Gasteiger partial charge is 0.148 e. The summed E-state index contributed by atoms with van der Waals surface area (Å²) in [6.45, 7) is 4.24. The largest absolute Gasteiger partial charge is 0.323 e. The molecule has 0 saturated carbocycles. The van der Waals surface area contributed by atoms with E-state index in [-0.39, 0.29) is 23.3 Å². The van der Waals surface area contributed by atoms with Crippen molar-refractivity contribution in [1.82, 2.24) is 0 Å². The highest BCUT2D eigenvalue weighted by molar-refractivity contribution is 7.92. The summed E-state index contributed by atoms with van der Waals surface area (Å²) in [5.74, 6) is 0.843. The Balaban J connectivity index is 2.57. The number of hydrogen-bond donors (Lipinski definition) is 1. The van der Waals surface area contributed by atoms with Gasteiger partial charge in [-0.05, 0) is 17.0 Å². The van der Waals surface area contributed by atoms with E-state index in [0.29, 0.717) is 5.92 Å². The SMILES string of the molecule is CC(C)c1ccc(C(N)CS(=O)CCS(C)(=O)=O)cc1. The minimum Gasteiger partial charge on any atom is -0.323 e. The quantitative estimate of drug-likeness (QED) is 0.828. The molecule has 0 radical (unpaired) electrons. The Hall–Kier alpha value is -0.720. The lowest BCUT2D eigenvalue weighted by molar-refractivity contribution is 0.602. The second kappa shape index (κ2) is 7.33. The molecule has 0 aliphatic heterocycles. The van der Waals surface area contributed by atoms with E-state index in [4.69, 9.17) is 5.73 Å². The van der Waals surface area contributed by atoms with Crippen LogP contribution in [-0.2, 0) is 20.6 Å². The van der Waals surface area contributed by atoms with Gasteiger partial charge in [0.1, 0.15) is 9.84 Å². The zero-order chi connectivity index (χ0) is 15.3. The molecule has 0 bridgehead atoms. The van der Waals surface area contributed by atoms with Crippen LogP contribution in [0.1, 0.15) is 36.9 Å². The highest BCUT2D eigenvalue weighted by atomic mass is 32.2. The molecule has 114 valence electrons. The van der Waals surface area contributed by atoms with Crippen molar-refractivity contribution in [2.75, 3.05) is 23.5 Å². The van der Waals surface area contributed by atoms with Gasteiger partial charge in [-0.25, -0.2) is 8.42 Å². The van der Waals surface area contributed by atoms with Crippen LogP contribution in [0.3, 0.4) is 0 Å². The van der Waals surface area contributed by atoms with Crippen molar-refractivity contribution in [3.63, 3.8) is 0 Å². The maximum absolute atomic E-state index is 11.8. The Kier molecular flexibility index (Phi) is 6.36. The van der Waals surface area contributed by atoms with Crippen LogP contribution < -0.4 is 5.73 Å². The van der Waals surface area contributed by atoms with Gasteiger partial charge in [0.25, 0.3) is 0 Å². The normalized spacial score (nSPS) is 15.2. The standard InChI is InChI=1S/C14H23NO3S2/c1-11(2)12-4-6-13(7-5-12)14(15)10-19(16)8-9-20(3,17)18/h4-7,11,14H,8-10,15H2,1-3H3. The molecule has 6 heteroatoms. The van der Waals surface area contributed by atoms with E-state index in [0.717, 1.165) is 11.8 Å². The summed E-state index contributed by atoms with van der Waals surface area (Å²) >= 11 is 0. The fourth-order valence-electron chi connectivity index (χ4n) is 1.75. The minimum atomic E-state index is -3.07. The maximum Gasteiger partial charge on any atom is 0.148 e. The first kappa shape index (κ1) is 17.3. The topological polar surface area (TPSA) is 77.2 Å². The van der Waals surface area contributed by atoms with Crippen LogP contribution in [0.2, 0.25) is 0 Å². The molecule has 0 saturated heterocycles.